The zero-order valence-electron chi connectivity index (χ0n) is 12.1. The first-order valence-electron chi connectivity index (χ1n) is 7.32. The third kappa shape index (κ3) is 2.75. The highest BCUT2D eigenvalue weighted by Gasteiger charge is 2.44. The molecule has 3 N–H and O–H groups in total. The fourth-order valence-corrected chi connectivity index (χ4v) is 3.82. The molecule has 6 nitrogen and oxygen atoms in total. The Bertz CT molecular complexity index is 667. The Balaban J connectivity index is 1.88. The predicted molar refractivity (Wildman–Crippen MR) is 84.6 cm³/mol. The topological polar surface area (TPSA) is 89.9 Å². The van der Waals surface area contributed by atoms with Crippen molar-refractivity contribution < 1.29 is 19.8 Å². The summed E-state index contributed by atoms with van der Waals surface area (Å²) in [7, 11) is 0. The number of hydrogen-bond acceptors (Lipinski definition) is 4. The molecule has 2 aliphatic rings. The molecule has 0 radical (unpaired) electrons. The molecular formula is C15H16Cl2N2O4. The van der Waals surface area contributed by atoms with Crippen LogP contribution in [0.15, 0.2) is 12.1 Å². The Labute approximate surface area is 143 Å². The molecule has 0 saturated carbocycles. The number of rotatable bonds is 2. The molecule has 0 unspecified atom stereocenters. The molecule has 2 heterocycles. The number of carbonyl (C=O) groups excluding carboxylic acids is 2. The van der Waals surface area contributed by atoms with Crippen molar-refractivity contribution in [3.05, 3.63) is 27.7 Å². The summed E-state index contributed by atoms with van der Waals surface area (Å²) in [4.78, 5) is 25.9. The molecule has 0 aromatic heterocycles. The minimum Gasteiger partial charge on any atom is -0.508 e. The number of aliphatic hydroxyl groups is 1. The number of fused-ring (bicyclic) bond motifs is 1. The minimum atomic E-state index is -0.876. The van der Waals surface area contributed by atoms with Crippen molar-refractivity contribution >= 4 is 35.0 Å². The van der Waals surface area contributed by atoms with E-state index in [1.54, 1.807) is 0 Å². The van der Waals surface area contributed by atoms with E-state index >= 15 is 0 Å². The second kappa shape index (κ2) is 6.19. The lowest BCUT2D eigenvalue weighted by Gasteiger charge is -2.44. The quantitative estimate of drug-likeness (QED) is 0.742. The van der Waals surface area contributed by atoms with E-state index in [1.165, 1.54) is 17.0 Å². The number of carbonyl (C=O) groups is 2. The van der Waals surface area contributed by atoms with Crippen LogP contribution in [0.25, 0.3) is 0 Å². The molecule has 23 heavy (non-hydrogen) atoms. The molecule has 124 valence electrons. The first kappa shape index (κ1) is 16.4. The summed E-state index contributed by atoms with van der Waals surface area (Å²) in [5.74, 6) is -0.719. The second-order valence-electron chi connectivity index (χ2n) is 5.81. The molecule has 1 aromatic rings. The van der Waals surface area contributed by atoms with Gasteiger partial charge in [0.25, 0.3) is 0 Å². The average molecular weight is 359 g/mol. The molecule has 0 spiro atoms. The highest BCUT2D eigenvalue weighted by molar-refractivity contribution is 6.42. The number of aliphatic hydroxyl groups excluding tert-OH is 1. The number of benzene rings is 1. The van der Waals surface area contributed by atoms with Crippen molar-refractivity contribution in [2.24, 2.45) is 0 Å². The van der Waals surface area contributed by atoms with Crippen LogP contribution in [0.3, 0.4) is 0 Å². The highest BCUT2D eigenvalue weighted by Crippen LogP contribution is 2.43. The van der Waals surface area contributed by atoms with E-state index in [1.807, 2.05) is 0 Å². The number of aromatic hydroxyl groups is 1. The van der Waals surface area contributed by atoms with Crippen molar-refractivity contribution in [1.82, 2.24) is 10.2 Å². The van der Waals surface area contributed by atoms with Crippen LogP contribution in [-0.2, 0) is 9.59 Å². The SMILES string of the molecule is O=C1N[C@@H](CO)C(=O)N2CC[C@H](c3c(O)ccc(Cl)c3Cl)C[C@H]12. The number of piperazine rings is 1. The number of nitrogens with zero attached hydrogens (tertiary/aromatic N) is 1. The molecule has 3 rings (SSSR count). The van der Waals surface area contributed by atoms with Gasteiger partial charge in [0.05, 0.1) is 16.7 Å². The van der Waals surface area contributed by atoms with E-state index in [-0.39, 0.29) is 28.5 Å². The summed E-state index contributed by atoms with van der Waals surface area (Å²) in [6.07, 6.45) is 0.907. The van der Waals surface area contributed by atoms with E-state index in [2.05, 4.69) is 5.32 Å². The molecule has 2 fully saturated rings. The first-order chi connectivity index (χ1) is 10.9. The summed E-state index contributed by atoms with van der Waals surface area (Å²) < 4.78 is 0. The average Bonchev–Trinajstić information content (AvgIpc) is 2.54. The number of amides is 2. The third-order valence-electron chi connectivity index (χ3n) is 4.50. The smallest absolute Gasteiger partial charge is 0.248 e. The van der Waals surface area contributed by atoms with Crippen LogP contribution in [0.2, 0.25) is 10.0 Å². The van der Waals surface area contributed by atoms with Crippen molar-refractivity contribution in [1.29, 1.82) is 0 Å². The third-order valence-corrected chi connectivity index (χ3v) is 5.32. The molecule has 2 aliphatic heterocycles. The molecular weight excluding hydrogens is 343 g/mol. The van der Waals surface area contributed by atoms with Crippen LogP contribution in [0.1, 0.15) is 24.3 Å². The Kier molecular flexibility index (Phi) is 4.40. The van der Waals surface area contributed by atoms with Crippen LogP contribution < -0.4 is 5.32 Å². The van der Waals surface area contributed by atoms with Crippen molar-refractivity contribution in [2.45, 2.75) is 30.8 Å². The van der Waals surface area contributed by atoms with Gasteiger partial charge in [-0.25, -0.2) is 0 Å². The maximum Gasteiger partial charge on any atom is 0.248 e. The first-order valence-corrected chi connectivity index (χ1v) is 8.08. The number of phenols is 1. The van der Waals surface area contributed by atoms with Gasteiger partial charge >= 0.3 is 0 Å². The Hall–Kier alpha value is -1.50. The van der Waals surface area contributed by atoms with Crippen LogP contribution >= 0.6 is 23.2 Å². The van der Waals surface area contributed by atoms with Crippen molar-refractivity contribution in [3.8, 4) is 5.75 Å². The Morgan fingerprint density at radius 1 is 1.30 bits per heavy atom. The van der Waals surface area contributed by atoms with Gasteiger partial charge in [0.2, 0.25) is 11.8 Å². The van der Waals surface area contributed by atoms with E-state index in [0.29, 0.717) is 30.0 Å². The zero-order valence-corrected chi connectivity index (χ0v) is 13.6. The van der Waals surface area contributed by atoms with Gasteiger partial charge in [-0.1, -0.05) is 23.2 Å². The standard InChI is InChI=1S/C15H16Cl2N2O4/c16-8-1-2-11(21)12(13(8)17)7-3-4-19-10(5-7)14(22)18-9(6-20)15(19)23/h1-2,7,9-10,20-21H,3-6H2,(H,18,22)/t7-,9-,10+/m0/s1. The van der Waals surface area contributed by atoms with Gasteiger partial charge in [0, 0.05) is 12.1 Å². The van der Waals surface area contributed by atoms with Crippen LogP contribution in [0, 0.1) is 0 Å². The van der Waals surface area contributed by atoms with Gasteiger partial charge in [0.1, 0.15) is 17.8 Å². The number of nitrogens with one attached hydrogen (secondary N) is 1. The molecule has 0 bridgehead atoms. The Morgan fingerprint density at radius 3 is 2.74 bits per heavy atom. The molecule has 2 saturated heterocycles. The van der Waals surface area contributed by atoms with Gasteiger partial charge in [-0.3, -0.25) is 9.59 Å². The van der Waals surface area contributed by atoms with Crippen molar-refractivity contribution in [2.75, 3.05) is 13.2 Å². The van der Waals surface area contributed by atoms with Gasteiger partial charge in [-0.15, -0.1) is 0 Å². The van der Waals surface area contributed by atoms with E-state index < -0.39 is 18.7 Å². The fraction of sp³-hybridized carbons (Fsp3) is 0.467. The van der Waals surface area contributed by atoms with Gasteiger partial charge in [0.15, 0.2) is 0 Å². The lowest BCUT2D eigenvalue weighted by molar-refractivity contribution is -0.152. The molecule has 0 aliphatic carbocycles. The summed E-state index contributed by atoms with van der Waals surface area (Å²) >= 11 is 12.2. The fourth-order valence-electron chi connectivity index (χ4n) is 3.34. The van der Waals surface area contributed by atoms with Gasteiger partial charge in [-0.2, -0.15) is 0 Å². The largest absolute Gasteiger partial charge is 0.508 e. The summed E-state index contributed by atoms with van der Waals surface area (Å²) in [6, 6.07) is 1.49. The maximum atomic E-state index is 12.2. The lowest BCUT2D eigenvalue weighted by atomic mass is 9.83. The Morgan fingerprint density at radius 2 is 2.04 bits per heavy atom. The molecule has 8 heteroatoms. The number of phenolic OH excluding ortho intramolecular Hbond substituents is 1. The predicted octanol–water partition coefficient (Wildman–Crippen LogP) is 1.26. The van der Waals surface area contributed by atoms with Gasteiger partial charge < -0.3 is 20.4 Å². The molecule has 3 atom stereocenters. The number of piperidine rings is 1. The zero-order chi connectivity index (χ0) is 16.7. The number of hydrogen-bond donors (Lipinski definition) is 3. The van der Waals surface area contributed by atoms with E-state index in [4.69, 9.17) is 23.2 Å². The highest BCUT2D eigenvalue weighted by atomic mass is 35.5. The van der Waals surface area contributed by atoms with Crippen LogP contribution in [0.4, 0.5) is 0 Å². The van der Waals surface area contributed by atoms with Crippen LogP contribution in [0.5, 0.6) is 5.75 Å². The lowest BCUT2D eigenvalue weighted by Crippen LogP contribution is -2.66. The number of halogens is 2. The van der Waals surface area contributed by atoms with Crippen LogP contribution in [-0.4, -0.2) is 52.2 Å². The van der Waals surface area contributed by atoms with E-state index in [9.17, 15) is 19.8 Å². The monoisotopic (exact) mass is 358 g/mol. The summed E-state index contributed by atoms with van der Waals surface area (Å²) in [5, 5.41) is 22.4. The van der Waals surface area contributed by atoms with E-state index in [0.717, 1.165) is 0 Å². The normalized spacial score (nSPS) is 27.6. The summed E-state index contributed by atoms with van der Waals surface area (Å²) in [5.41, 5.74) is 0.517. The summed E-state index contributed by atoms with van der Waals surface area (Å²) in [6.45, 7) is -0.0570. The van der Waals surface area contributed by atoms with Gasteiger partial charge in [-0.05, 0) is 30.9 Å². The molecule has 1 aromatic carbocycles. The van der Waals surface area contributed by atoms with Crippen molar-refractivity contribution in [3.63, 3.8) is 0 Å². The minimum absolute atomic E-state index is 0.0358. The second-order valence-corrected chi connectivity index (χ2v) is 6.59. The molecule has 2 amide bonds. The maximum absolute atomic E-state index is 12.2.